The van der Waals surface area contributed by atoms with Crippen LogP contribution in [0, 0.1) is 0 Å². The van der Waals surface area contributed by atoms with Crippen molar-refractivity contribution in [2.75, 3.05) is 15.8 Å². The van der Waals surface area contributed by atoms with Gasteiger partial charge in [-0.1, -0.05) is 39.3 Å². The first-order valence-corrected chi connectivity index (χ1v) is 9.88. The van der Waals surface area contributed by atoms with Crippen molar-refractivity contribution >= 4 is 27.2 Å². The molecule has 0 unspecified atom stereocenters. The average Bonchev–Trinajstić information content (AvgIpc) is 2.55. The molecule has 0 fully saturated rings. The average molecular weight is 347 g/mol. The second kappa shape index (κ2) is 8.15. The normalized spacial score (nSPS) is 11.5. The summed E-state index contributed by atoms with van der Waals surface area (Å²) >= 11 is 0. The Kier molecular flexibility index (Phi) is 6.20. The van der Waals surface area contributed by atoms with E-state index in [1.807, 2.05) is 19.1 Å². The summed E-state index contributed by atoms with van der Waals surface area (Å²) in [4.78, 5) is 4.26. The van der Waals surface area contributed by atoms with E-state index in [1.54, 1.807) is 12.1 Å². The van der Waals surface area contributed by atoms with Crippen molar-refractivity contribution in [2.24, 2.45) is 0 Å². The molecular weight excluding hydrogens is 322 g/mol. The summed E-state index contributed by atoms with van der Waals surface area (Å²) in [7, 11) is -3.29. The van der Waals surface area contributed by atoms with Crippen LogP contribution in [0.25, 0.3) is 0 Å². The van der Waals surface area contributed by atoms with Crippen LogP contribution in [0.15, 0.2) is 42.6 Å². The van der Waals surface area contributed by atoms with Crippen molar-refractivity contribution in [1.29, 1.82) is 0 Å². The Balaban J connectivity index is 1.99. The number of anilines is 3. The highest BCUT2D eigenvalue weighted by atomic mass is 32.2. The number of sulfonamides is 1. The molecule has 0 aliphatic heterocycles. The van der Waals surface area contributed by atoms with E-state index in [1.165, 1.54) is 11.8 Å². The Labute approximate surface area is 144 Å². The summed E-state index contributed by atoms with van der Waals surface area (Å²) in [6.45, 7) is 6.28. The predicted octanol–water partition coefficient (Wildman–Crippen LogP) is 4.49. The Hall–Kier alpha value is -2.08. The van der Waals surface area contributed by atoms with Crippen molar-refractivity contribution in [3.05, 3.63) is 48.2 Å². The number of aromatic nitrogens is 1. The standard InChI is InChI=1S/C18H25N3O2S/c1-4-5-12-24(22,23)21-17-10-11-18(19-13-17)20-16-8-6-15(7-9-16)14(2)3/h6-11,13-14,21H,4-5,12H2,1-3H3,(H,19,20). The molecule has 2 rings (SSSR count). The molecule has 0 spiro atoms. The molecule has 2 N–H and O–H groups in total. The first kappa shape index (κ1) is 18.3. The second-order valence-corrected chi connectivity index (χ2v) is 7.95. The van der Waals surface area contributed by atoms with E-state index < -0.39 is 10.0 Å². The minimum Gasteiger partial charge on any atom is -0.340 e. The molecule has 0 atom stereocenters. The minimum absolute atomic E-state index is 0.131. The van der Waals surface area contributed by atoms with Gasteiger partial charge < -0.3 is 5.32 Å². The van der Waals surface area contributed by atoms with Gasteiger partial charge in [-0.3, -0.25) is 4.72 Å². The molecule has 0 saturated heterocycles. The Bertz CT molecular complexity index is 739. The number of unbranched alkanes of at least 4 members (excludes halogenated alkanes) is 1. The Morgan fingerprint density at radius 2 is 1.71 bits per heavy atom. The lowest BCUT2D eigenvalue weighted by Gasteiger charge is -2.10. The van der Waals surface area contributed by atoms with Crippen LogP contribution in [0.5, 0.6) is 0 Å². The summed E-state index contributed by atoms with van der Waals surface area (Å²) in [5.74, 6) is 1.30. The van der Waals surface area contributed by atoms with Crippen molar-refractivity contribution in [3.63, 3.8) is 0 Å². The van der Waals surface area contributed by atoms with Crippen LogP contribution in [-0.4, -0.2) is 19.2 Å². The number of pyridine rings is 1. The van der Waals surface area contributed by atoms with Gasteiger partial charge in [0.2, 0.25) is 10.0 Å². The molecule has 1 aromatic heterocycles. The number of nitrogens with one attached hydrogen (secondary N) is 2. The molecule has 1 aromatic carbocycles. The highest BCUT2D eigenvalue weighted by Crippen LogP contribution is 2.20. The van der Waals surface area contributed by atoms with Crippen LogP contribution < -0.4 is 10.0 Å². The topological polar surface area (TPSA) is 71.1 Å². The maximum atomic E-state index is 11.9. The Morgan fingerprint density at radius 3 is 2.25 bits per heavy atom. The van der Waals surface area contributed by atoms with Crippen LogP contribution in [0.2, 0.25) is 0 Å². The van der Waals surface area contributed by atoms with Gasteiger partial charge in [0.15, 0.2) is 0 Å². The first-order valence-electron chi connectivity index (χ1n) is 8.23. The maximum Gasteiger partial charge on any atom is 0.232 e. The van der Waals surface area contributed by atoms with Gasteiger partial charge >= 0.3 is 0 Å². The minimum atomic E-state index is -3.29. The SMILES string of the molecule is CCCCS(=O)(=O)Nc1ccc(Nc2ccc(C(C)C)cc2)nc1. The van der Waals surface area contributed by atoms with E-state index in [9.17, 15) is 8.42 Å². The maximum absolute atomic E-state index is 11.9. The molecule has 2 aromatic rings. The lowest BCUT2D eigenvalue weighted by atomic mass is 10.0. The van der Waals surface area contributed by atoms with Crippen LogP contribution in [-0.2, 0) is 10.0 Å². The van der Waals surface area contributed by atoms with E-state index in [0.717, 1.165) is 12.1 Å². The molecular formula is C18H25N3O2S. The summed E-state index contributed by atoms with van der Waals surface area (Å²) in [5, 5.41) is 3.21. The molecule has 0 amide bonds. The highest BCUT2D eigenvalue weighted by molar-refractivity contribution is 7.92. The first-order chi connectivity index (χ1) is 11.4. The predicted molar refractivity (Wildman–Crippen MR) is 100 cm³/mol. The lowest BCUT2D eigenvalue weighted by Crippen LogP contribution is -2.16. The van der Waals surface area contributed by atoms with E-state index >= 15 is 0 Å². The molecule has 1 heterocycles. The van der Waals surface area contributed by atoms with Gasteiger partial charge in [-0.05, 0) is 42.2 Å². The van der Waals surface area contributed by atoms with Gasteiger partial charge in [0, 0.05) is 5.69 Å². The second-order valence-electron chi connectivity index (χ2n) is 6.11. The number of benzene rings is 1. The fraction of sp³-hybridized carbons (Fsp3) is 0.389. The molecule has 24 heavy (non-hydrogen) atoms. The van der Waals surface area contributed by atoms with Crippen LogP contribution >= 0.6 is 0 Å². The van der Waals surface area contributed by atoms with Gasteiger partial charge in [0.05, 0.1) is 17.6 Å². The number of nitrogens with zero attached hydrogens (tertiary/aromatic N) is 1. The van der Waals surface area contributed by atoms with E-state index in [2.05, 4.69) is 41.0 Å². The van der Waals surface area contributed by atoms with Crippen molar-refractivity contribution in [2.45, 2.75) is 39.5 Å². The Morgan fingerprint density at radius 1 is 1.04 bits per heavy atom. The largest absolute Gasteiger partial charge is 0.340 e. The molecule has 6 heteroatoms. The summed E-state index contributed by atoms with van der Waals surface area (Å²) in [6, 6.07) is 11.7. The van der Waals surface area contributed by atoms with Crippen LogP contribution in [0.3, 0.4) is 0 Å². The zero-order valence-electron chi connectivity index (χ0n) is 14.4. The van der Waals surface area contributed by atoms with Crippen molar-refractivity contribution in [1.82, 2.24) is 4.98 Å². The summed E-state index contributed by atoms with van der Waals surface area (Å²) in [6.07, 6.45) is 3.01. The van der Waals surface area contributed by atoms with Crippen LogP contribution in [0.4, 0.5) is 17.2 Å². The third-order valence-electron chi connectivity index (χ3n) is 3.65. The smallest absolute Gasteiger partial charge is 0.232 e. The summed E-state index contributed by atoms with van der Waals surface area (Å²) in [5.41, 5.74) is 2.71. The number of rotatable bonds is 8. The fourth-order valence-corrected chi connectivity index (χ4v) is 3.44. The van der Waals surface area contributed by atoms with Gasteiger partial charge in [-0.2, -0.15) is 0 Å². The van der Waals surface area contributed by atoms with Crippen molar-refractivity contribution in [3.8, 4) is 0 Å². The third-order valence-corrected chi connectivity index (χ3v) is 5.03. The monoisotopic (exact) mass is 347 g/mol. The number of hydrogen-bond donors (Lipinski definition) is 2. The lowest BCUT2D eigenvalue weighted by molar-refractivity contribution is 0.598. The van der Waals surface area contributed by atoms with Gasteiger partial charge in [-0.15, -0.1) is 0 Å². The fourth-order valence-electron chi connectivity index (χ4n) is 2.19. The molecule has 130 valence electrons. The number of hydrogen-bond acceptors (Lipinski definition) is 4. The molecule has 0 saturated carbocycles. The van der Waals surface area contributed by atoms with Crippen molar-refractivity contribution < 1.29 is 8.42 Å². The summed E-state index contributed by atoms with van der Waals surface area (Å²) < 4.78 is 26.3. The molecule has 0 radical (unpaired) electrons. The molecule has 0 aliphatic rings. The van der Waals surface area contributed by atoms with Crippen LogP contribution in [0.1, 0.15) is 45.1 Å². The highest BCUT2D eigenvalue weighted by Gasteiger charge is 2.09. The zero-order valence-corrected chi connectivity index (χ0v) is 15.2. The van der Waals surface area contributed by atoms with E-state index in [4.69, 9.17) is 0 Å². The zero-order chi connectivity index (χ0) is 17.6. The third kappa shape index (κ3) is 5.53. The quantitative estimate of drug-likeness (QED) is 0.738. The van der Waals surface area contributed by atoms with Gasteiger partial charge in [0.25, 0.3) is 0 Å². The molecule has 0 aliphatic carbocycles. The molecule has 0 bridgehead atoms. The van der Waals surface area contributed by atoms with Gasteiger partial charge in [-0.25, -0.2) is 13.4 Å². The van der Waals surface area contributed by atoms with Gasteiger partial charge in [0.1, 0.15) is 5.82 Å². The molecule has 5 nitrogen and oxygen atoms in total. The van der Waals surface area contributed by atoms with E-state index in [-0.39, 0.29) is 5.75 Å². The van der Waals surface area contributed by atoms with E-state index in [0.29, 0.717) is 23.8 Å².